The first kappa shape index (κ1) is 19.6. The zero-order valence-electron chi connectivity index (χ0n) is 13.8. The second kappa shape index (κ2) is 10.4. The smallest absolute Gasteiger partial charge is 0.191 e. The van der Waals surface area contributed by atoms with E-state index in [0.29, 0.717) is 12.6 Å². The third-order valence-corrected chi connectivity index (χ3v) is 4.71. The normalized spacial score (nSPS) is 19.0. The van der Waals surface area contributed by atoms with Crippen LogP contribution in [0.4, 0.5) is 0 Å². The molecular weight excluding hydrogens is 409 g/mol. The lowest BCUT2D eigenvalue weighted by Gasteiger charge is -2.23. The Morgan fingerprint density at radius 1 is 1.45 bits per heavy atom. The molecule has 1 saturated heterocycles. The monoisotopic (exact) mass is 437 g/mol. The summed E-state index contributed by atoms with van der Waals surface area (Å²) < 4.78 is 0. The number of thiazole rings is 1. The van der Waals surface area contributed by atoms with Crippen LogP contribution in [-0.4, -0.2) is 48.1 Å². The van der Waals surface area contributed by atoms with Crippen molar-refractivity contribution in [2.45, 2.75) is 46.2 Å². The second-order valence-corrected chi connectivity index (χ2v) is 6.67. The molecule has 2 heterocycles. The van der Waals surface area contributed by atoms with Crippen LogP contribution in [0.15, 0.2) is 11.2 Å². The molecule has 0 saturated carbocycles. The van der Waals surface area contributed by atoms with Crippen LogP contribution >= 0.6 is 35.3 Å². The maximum absolute atomic E-state index is 4.66. The summed E-state index contributed by atoms with van der Waals surface area (Å²) in [6.07, 6.45) is 4.52. The zero-order valence-corrected chi connectivity index (χ0v) is 16.9. The van der Waals surface area contributed by atoms with Gasteiger partial charge < -0.3 is 10.6 Å². The fourth-order valence-electron chi connectivity index (χ4n) is 2.73. The highest BCUT2D eigenvalue weighted by Gasteiger charge is 2.22. The van der Waals surface area contributed by atoms with Crippen molar-refractivity contribution in [1.82, 2.24) is 20.5 Å². The molecule has 5 nitrogen and oxygen atoms in total. The molecule has 1 unspecified atom stereocenters. The van der Waals surface area contributed by atoms with Crippen molar-refractivity contribution in [1.29, 1.82) is 0 Å². The largest absolute Gasteiger partial charge is 0.357 e. The van der Waals surface area contributed by atoms with Gasteiger partial charge >= 0.3 is 0 Å². The van der Waals surface area contributed by atoms with Crippen molar-refractivity contribution >= 4 is 41.3 Å². The average Bonchev–Trinajstić information content (AvgIpc) is 3.10. The van der Waals surface area contributed by atoms with E-state index in [-0.39, 0.29) is 24.0 Å². The summed E-state index contributed by atoms with van der Waals surface area (Å²) in [7, 11) is 0. The zero-order chi connectivity index (χ0) is 15.1. The van der Waals surface area contributed by atoms with E-state index < -0.39 is 0 Å². The minimum absolute atomic E-state index is 0. The third kappa shape index (κ3) is 6.00. The Morgan fingerprint density at radius 3 is 2.91 bits per heavy atom. The summed E-state index contributed by atoms with van der Waals surface area (Å²) in [4.78, 5) is 12.7. The standard InChI is InChI=1S/C15H27N5S.HI/c1-4-16-15(19-11-14-10-17-12(3)21-14)18-9-13-7-6-8-20(13)5-2;/h10,13H,4-9,11H2,1-3H3,(H2,16,18,19);1H. The number of aromatic nitrogens is 1. The molecule has 1 fully saturated rings. The summed E-state index contributed by atoms with van der Waals surface area (Å²) in [6, 6.07) is 0.643. The SMILES string of the molecule is CCNC(=NCc1cnc(C)s1)NCC1CCCN1CC.I. The highest BCUT2D eigenvalue weighted by atomic mass is 127. The molecule has 1 aliphatic rings. The van der Waals surface area contributed by atoms with E-state index >= 15 is 0 Å². The molecule has 0 aliphatic carbocycles. The molecule has 7 heteroatoms. The van der Waals surface area contributed by atoms with Crippen molar-refractivity contribution in [3.8, 4) is 0 Å². The predicted molar refractivity (Wildman–Crippen MR) is 105 cm³/mol. The van der Waals surface area contributed by atoms with Gasteiger partial charge in [0.05, 0.1) is 11.6 Å². The topological polar surface area (TPSA) is 52.6 Å². The predicted octanol–water partition coefficient (Wildman–Crippen LogP) is 2.61. The second-order valence-electron chi connectivity index (χ2n) is 5.35. The van der Waals surface area contributed by atoms with Gasteiger partial charge in [0.15, 0.2) is 5.96 Å². The van der Waals surface area contributed by atoms with Gasteiger partial charge in [0, 0.05) is 30.2 Å². The molecule has 1 aromatic heterocycles. The van der Waals surface area contributed by atoms with Gasteiger partial charge in [-0.25, -0.2) is 9.98 Å². The van der Waals surface area contributed by atoms with E-state index in [0.717, 1.165) is 30.6 Å². The van der Waals surface area contributed by atoms with Crippen LogP contribution in [0, 0.1) is 6.92 Å². The lowest BCUT2D eigenvalue weighted by Crippen LogP contribution is -2.44. The van der Waals surface area contributed by atoms with Crippen molar-refractivity contribution in [2.24, 2.45) is 4.99 Å². The first-order valence-electron chi connectivity index (χ1n) is 7.90. The Morgan fingerprint density at radius 2 is 2.27 bits per heavy atom. The molecule has 126 valence electrons. The molecule has 0 aromatic carbocycles. The van der Waals surface area contributed by atoms with Crippen molar-refractivity contribution < 1.29 is 0 Å². The number of rotatable bonds is 6. The van der Waals surface area contributed by atoms with E-state index in [1.165, 1.54) is 24.3 Å². The summed E-state index contributed by atoms with van der Waals surface area (Å²) in [5.74, 6) is 0.909. The molecule has 2 N–H and O–H groups in total. The molecule has 2 rings (SSSR count). The summed E-state index contributed by atoms with van der Waals surface area (Å²) in [5, 5.41) is 7.91. The summed E-state index contributed by atoms with van der Waals surface area (Å²) in [6.45, 7) is 11.3. The molecule has 0 radical (unpaired) electrons. The van der Waals surface area contributed by atoms with Gasteiger partial charge in [-0.15, -0.1) is 35.3 Å². The van der Waals surface area contributed by atoms with Gasteiger partial charge in [-0.3, -0.25) is 4.90 Å². The summed E-state index contributed by atoms with van der Waals surface area (Å²) >= 11 is 1.71. The lowest BCUT2D eigenvalue weighted by atomic mass is 10.2. The Labute approximate surface area is 155 Å². The molecule has 22 heavy (non-hydrogen) atoms. The maximum atomic E-state index is 4.66. The molecular formula is C15H28IN5S. The van der Waals surface area contributed by atoms with E-state index in [9.17, 15) is 0 Å². The van der Waals surface area contributed by atoms with Crippen molar-refractivity contribution in [2.75, 3.05) is 26.2 Å². The molecule has 0 bridgehead atoms. The highest BCUT2D eigenvalue weighted by molar-refractivity contribution is 14.0. The van der Waals surface area contributed by atoms with E-state index in [2.05, 4.69) is 39.4 Å². The van der Waals surface area contributed by atoms with Crippen LogP contribution in [-0.2, 0) is 6.54 Å². The number of hydrogen-bond acceptors (Lipinski definition) is 4. The minimum atomic E-state index is 0. The number of guanidine groups is 1. The fraction of sp³-hybridized carbons (Fsp3) is 0.733. The first-order chi connectivity index (χ1) is 10.2. The van der Waals surface area contributed by atoms with Crippen LogP contribution in [0.25, 0.3) is 0 Å². The number of nitrogens with zero attached hydrogens (tertiary/aromatic N) is 3. The number of aryl methyl sites for hydroxylation is 1. The molecule has 1 aliphatic heterocycles. The Hall–Kier alpha value is -0.410. The molecule has 0 spiro atoms. The van der Waals surface area contributed by atoms with Gasteiger partial charge in [0.2, 0.25) is 0 Å². The third-order valence-electron chi connectivity index (χ3n) is 3.82. The molecule has 1 aromatic rings. The highest BCUT2D eigenvalue weighted by Crippen LogP contribution is 2.15. The van der Waals surface area contributed by atoms with Crippen LogP contribution in [0.3, 0.4) is 0 Å². The Bertz CT molecular complexity index is 463. The van der Waals surface area contributed by atoms with Crippen LogP contribution in [0.1, 0.15) is 36.6 Å². The van der Waals surface area contributed by atoms with Gasteiger partial charge in [-0.05, 0) is 39.8 Å². The van der Waals surface area contributed by atoms with Gasteiger partial charge in [-0.2, -0.15) is 0 Å². The number of halogens is 1. The number of likely N-dealkylation sites (N-methyl/N-ethyl adjacent to an activating group) is 1. The molecule has 1 atom stereocenters. The van der Waals surface area contributed by atoms with Gasteiger partial charge in [0.1, 0.15) is 0 Å². The maximum Gasteiger partial charge on any atom is 0.191 e. The van der Waals surface area contributed by atoms with Gasteiger partial charge in [-0.1, -0.05) is 6.92 Å². The van der Waals surface area contributed by atoms with E-state index in [1.807, 2.05) is 13.1 Å². The van der Waals surface area contributed by atoms with E-state index in [1.54, 1.807) is 11.3 Å². The number of likely N-dealkylation sites (tertiary alicyclic amines) is 1. The lowest BCUT2D eigenvalue weighted by molar-refractivity contribution is 0.267. The van der Waals surface area contributed by atoms with Gasteiger partial charge in [0.25, 0.3) is 0 Å². The van der Waals surface area contributed by atoms with Crippen LogP contribution in [0.2, 0.25) is 0 Å². The fourth-order valence-corrected chi connectivity index (χ4v) is 3.45. The van der Waals surface area contributed by atoms with E-state index in [4.69, 9.17) is 0 Å². The minimum Gasteiger partial charge on any atom is -0.357 e. The van der Waals surface area contributed by atoms with Crippen molar-refractivity contribution in [3.05, 3.63) is 16.1 Å². The number of aliphatic imine (C=N–C) groups is 1. The first-order valence-corrected chi connectivity index (χ1v) is 8.72. The quantitative estimate of drug-likeness (QED) is 0.408. The molecule has 0 amide bonds. The number of nitrogens with one attached hydrogen (secondary N) is 2. The van der Waals surface area contributed by atoms with Crippen molar-refractivity contribution in [3.63, 3.8) is 0 Å². The summed E-state index contributed by atoms with van der Waals surface area (Å²) in [5.41, 5.74) is 0. The average molecular weight is 437 g/mol. The number of hydrogen-bond donors (Lipinski definition) is 2. The van der Waals surface area contributed by atoms with Crippen LogP contribution < -0.4 is 10.6 Å². The Kier molecular flexibility index (Phi) is 9.27. The van der Waals surface area contributed by atoms with Crippen LogP contribution in [0.5, 0.6) is 0 Å². The Balaban J connectivity index is 0.00000242.